The summed E-state index contributed by atoms with van der Waals surface area (Å²) in [5, 5.41) is 2.71. The third-order valence-electron chi connectivity index (χ3n) is 1.56. The molecule has 1 N–H and O–H groups in total. The van der Waals surface area contributed by atoms with E-state index in [0.29, 0.717) is 0 Å². The second-order valence-electron chi connectivity index (χ2n) is 4.25. The molecule has 0 aliphatic carbocycles. The summed E-state index contributed by atoms with van der Waals surface area (Å²) in [7, 11) is 0. The van der Waals surface area contributed by atoms with Gasteiger partial charge in [-0.15, -0.1) is 0 Å². The van der Waals surface area contributed by atoms with Gasteiger partial charge in [-0.05, 0) is 61.6 Å². The molecule has 0 radical (unpaired) electrons. The van der Waals surface area contributed by atoms with Gasteiger partial charge in [-0.2, -0.15) is 0 Å². The van der Waals surface area contributed by atoms with Gasteiger partial charge >= 0.3 is 6.09 Å². The molecule has 1 amide bonds. The zero-order valence-electron chi connectivity index (χ0n) is 9.30. The molecule has 0 unspecified atom stereocenters. The van der Waals surface area contributed by atoms with E-state index in [2.05, 4.69) is 43.8 Å². The molecule has 0 aliphatic heterocycles. The van der Waals surface area contributed by atoms with E-state index in [9.17, 15) is 4.79 Å². The first kappa shape index (κ1) is 13.8. The summed E-state index contributed by atoms with van der Waals surface area (Å²) < 4.78 is 7.05. The molecule has 1 rings (SSSR count). The molecule has 88 valence electrons. The summed E-state index contributed by atoms with van der Waals surface area (Å²) in [5.41, 5.74) is 0.255. The number of benzene rings is 1. The Labute approximate surface area is 117 Å². The van der Waals surface area contributed by atoms with Gasteiger partial charge in [0, 0.05) is 8.04 Å². The van der Waals surface area contributed by atoms with Crippen LogP contribution in [0.25, 0.3) is 0 Å². The number of anilines is 1. The van der Waals surface area contributed by atoms with Crippen molar-refractivity contribution in [3.05, 3.63) is 26.2 Å². The van der Waals surface area contributed by atoms with Gasteiger partial charge < -0.3 is 4.74 Å². The molecule has 3 nitrogen and oxygen atoms in total. The Morgan fingerprint density at radius 1 is 1.44 bits per heavy atom. The average molecular weight is 398 g/mol. The fourth-order valence-electron chi connectivity index (χ4n) is 1.01. The number of rotatable bonds is 1. The Morgan fingerprint density at radius 2 is 2.06 bits per heavy atom. The quantitative estimate of drug-likeness (QED) is 0.713. The van der Waals surface area contributed by atoms with Crippen LogP contribution in [0.1, 0.15) is 20.8 Å². The average Bonchev–Trinajstić information content (AvgIpc) is 2.08. The van der Waals surface area contributed by atoms with Crippen molar-refractivity contribution < 1.29 is 9.53 Å². The minimum Gasteiger partial charge on any atom is -0.444 e. The van der Waals surface area contributed by atoms with Crippen LogP contribution in [0.4, 0.5) is 10.5 Å². The molecular formula is C11H13BrINO2. The number of hydrogen-bond donors (Lipinski definition) is 1. The number of halogens is 2. The van der Waals surface area contributed by atoms with Gasteiger partial charge in [-0.1, -0.05) is 15.9 Å². The number of ether oxygens (including phenoxy) is 1. The summed E-state index contributed by atoms with van der Waals surface area (Å²) in [6, 6.07) is 5.67. The first-order valence-electron chi connectivity index (χ1n) is 4.73. The van der Waals surface area contributed by atoms with Gasteiger partial charge in [0.15, 0.2) is 0 Å². The highest BCUT2D eigenvalue weighted by Gasteiger charge is 2.16. The van der Waals surface area contributed by atoms with Crippen molar-refractivity contribution in [2.24, 2.45) is 0 Å². The molecule has 1 aromatic rings. The molecule has 5 heteroatoms. The second kappa shape index (κ2) is 5.35. The molecule has 0 bridgehead atoms. The highest BCUT2D eigenvalue weighted by molar-refractivity contribution is 14.1. The molecule has 0 fully saturated rings. The van der Waals surface area contributed by atoms with Crippen molar-refractivity contribution in [1.29, 1.82) is 0 Å². The van der Waals surface area contributed by atoms with Gasteiger partial charge in [-0.3, -0.25) is 5.32 Å². The van der Waals surface area contributed by atoms with Crippen LogP contribution in [-0.2, 0) is 4.74 Å². The number of carbonyl (C=O) groups is 1. The number of carbonyl (C=O) groups excluding carboxylic acids is 1. The third kappa shape index (κ3) is 4.69. The summed E-state index contributed by atoms with van der Waals surface area (Å²) in [6.07, 6.45) is -0.441. The molecule has 0 spiro atoms. The predicted octanol–water partition coefficient (Wildman–Crippen LogP) is 4.40. The maximum Gasteiger partial charge on any atom is 0.412 e. The molecule has 0 saturated carbocycles. The summed E-state index contributed by atoms with van der Waals surface area (Å²) >= 11 is 5.51. The Morgan fingerprint density at radius 3 is 2.62 bits per heavy atom. The SMILES string of the molecule is CC(C)(C)OC(=O)Nc1cc(Br)ccc1I. The molecule has 0 atom stereocenters. The van der Waals surface area contributed by atoms with Crippen LogP contribution in [-0.4, -0.2) is 11.7 Å². The first-order chi connectivity index (χ1) is 7.28. The van der Waals surface area contributed by atoms with Crippen molar-refractivity contribution in [2.45, 2.75) is 26.4 Å². The topological polar surface area (TPSA) is 38.3 Å². The maximum atomic E-state index is 11.5. The number of amides is 1. The van der Waals surface area contributed by atoms with Gasteiger partial charge in [0.05, 0.1) is 5.69 Å². The smallest absolute Gasteiger partial charge is 0.412 e. The zero-order chi connectivity index (χ0) is 12.3. The van der Waals surface area contributed by atoms with E-state index in [0.717, 1.165) is 13.7 Å². The molecule has 16 heavy (non-hydrogen) atoms. The van der Waals surface area contributed by atoms with Crippen molar-refractivity contribution in [3.63, 3.8) is 0 Å². The lowest BCUT2D eigenvalue weighted by molar-refractivity contribution is 0.0636. The Kier molecular flexibility index (Phi) is 4.61. The number of hydrogen-bond acceptors (Lipinski definition) is 2. The lowest BCUT2D eigenvalue weighted by Crippen LogP contribution is -2.27. The van der Waals surface area contributed by atoms with Crippen LogP contribution >= 0.6 is 38.5 Å². The number of nitrogens with one attached hydrogen (secondary N) is 1. The van der Waals surface area contributed by atoms with Gasteiger partial charge in [0.1, 0.15) is 5.60 Å². The van der Waals surface area contributed by atoms with Crippen LogP contribution in [0, 0.1) is 3.57 Å². The van der Waals surface area contributed by atoms with Gasteiger partial charge in [0.2, 0.25) is 0 Å². The maximum absolute atomic E-state index is 11.5. The minimum absolute atomic E-state index is 0.441. The normalized spacial score (nSPS) is 11.1. The Hall–Kier alpha value is -0.300. The molecule has 0 aliphatic rings. The minimum atomic E-state index is -0.485. The van der Waals surface area contributed by atoms with Crippen LogP contribution in [0.5, 0.6) is 0 Å². The van der Waals surface area contributed by atoms with Crippen molar-refractivity contribution in [3.8, 4) is 0 Å². The van der Waals surface area contributed by atoms with Crippen LogP contribution in [0.15, 0.2) is 22.7 Å². The van der Waals surface area contributed by atoms with Crippen LogP contribution in [0.3, 0.4) is 0 Å². The van der Waals surface area contributed by atoms with E-state index in [1.807, 2.05) is 39.0 Å². The predicted molar refractivity (Wildman–Crippen MR) is 76.7 cm³/mol. The van der Waals surface area contributed by atoms with E-state index in [4.69, 9.17) is 4.74 Å². The summed E-state index contributed by atoms with van der Waals surface area (Å²) in [5.74, 6) is 0. The van der Waals surface area contributed by atoms with E-state index in [1.165, 1.54) is 0 Å². The lowest BCUT2D eigenvalue weighted by atomic mass is 10.2. The first-order valence-corrected chi connectivity index (χ1v) is 6.60. The largest absolute Gasteiger partial charge is 0.444 e. The van der Waals surface area contributed by atoms with E-state index < -0.39 is 11.7 Å². The monoisotopic (exact) mass is 397 g/mol. The van der Waals surface area contributed by atoms with E-state index in [1.54, 1.807) is 0 Å². The third-order valence-corrected chi connectivity index (χ3v) is 3.00. The van der Waals surface area contributed by atoms with Gasteiger partial charge in [0.25, 0.3) is 0 Å². The highest BCUT2D eigenvalue weighted by Crippen LogP contribution is 2.23. The van der Waals surface area contributed by atoms with Crippen molar-refractivity contribution in [1.82, 2.24) is 0 Å². The zero-order valence-corrected chi connectivity index (χ0v) is 13.0. The fraction of sp³-hybridized carbons (Fsp3) is 0.364. The van der Waals surface area contributed by atoms with Crippen LogP contribution in [0.2, 0.25) is 0 Å². The second-order valence-corrected chi connectivity index (χ2v) is 6.33. The summed E-state index contributed by atoms with van der Waals surface area (Å²) in [4.78, 5) is 11.5. The molecule has 0 saturated heterocycles. The molecular weight excluding hydrogens is 385 g/mol. The van der Waals surface area contributed by atoms with Crippen molar-refractivity contribution in [2.75, 3.05) is 5.32 Å². The highest BCUT2D eigenvalue weighted by atomic mass is 127. The Balaban J connectivity index is 2.73. The fourth-order valence-corrected chi connectivity index (χ4v) is 1.84. The summed E-state index contributed by atoms with van der Waals surface area (Å²) in [6.45, 7) is 5.50. The molecule has 1 aromatic carbocycles. The van der Waals surface area contributed by atoms with Gasteiger partial charge in [-0.25, -0.2) is 4.79 Å². The molecule has 0 heterocycles. The molecule has 0 aromatic heterocycles. The van der Waals surface area contributed by atoms with Crippen molar-refractivity contribution >= 4 is 50.3 Å². The Bertz CT molecular complexity index is 401. The lowest BCUT2D eigenvalue weighted by Gasteiger charge is -2.20. The van der Waals surface area contributed by atoms with Crippen LogP contribution < -0.4 is 5.32 Å². The van der Waals surface area contributed by atoms with E-state index >= 15 is 0 Å². The standard InChI is InChI=1S/C11H13BrINO2/c1-11(2,3)16-10(15)14-9-6-7(12)4-5-8(9)13/h4-6H,1-3H3,(H,14,15). The van der Waals surface area contributed by atoms with E-state index in [-0.39, 0.29) is 0 Å².